The largest absolute Gasteiger partial charge is 0.497 e. The first kappa shape index (κ1) is 24.3. The second-order valence-electron chi connectivity index (χ2n) is 8.93. The monoisotopic (exact) mass is 445 g/mol. The summed E-state index contributed by atoms with van der Waals surface area (Å²) in [6, 6.07) is 8.47. The van der Waals surface area contributed by atoms with E-state index >= 15 is 0 Å². The molecule has 0 aromatic heterocycles. The molecular weight excluding hydrogens is 406 g/mol. The number of carbonyl (C=O) groups is 1. The van der Waals surface area contributed by atoms with E-state index in [1.54, 1.807) is 26.1 Å². The molecule has 8 nitrogen and oxygen atoms in total. The number of hydrogen-bond acceptors (Lipinski definition) is 5. The number of nitrogens with one attached hydrogen (secondary N) is 2. The third-order valence-electron chi connectivity index (χ3n) is 6.21. The van der Waals surface area contributed by atoms with Crippen molar-refractivity contribution in [3.05, 3.63) is 29.8 Å². The lowest BCUT2D eigenvalue weighted by Crippen LogP contribution is -2.50. The molecule has 0 aliphatic carbocycles. The lowest BCUT2D eigenvalue weighted by molar-refractivity contribution is -0.127. The number of likely N-dealkylation sites (tertiary alicyclic amines) is 1. The Morgan fingerprint density at radius 2 is 1.97 bits per heavy atom. The fourth-order valence-corrected chi connectivity index (χ4v) is 4.10. The van der Waals surface area contributed by atoms with E-state index in [2.05, 4.69) is 32.7 Å². The molecule has 8 heteroatoms. The van der Waals surface area contributed by atoms with Gasteiger partial charge in [-0.1, -0.05) is 12.1 Å². The van der Waals surface area contributed by atoms with Gasteiger partial charge in [-0.25, -0.2) is 4.99 Å². The Morgan fingerprint density at radius 3 is 2.59 bits per heavy atom. The molecule has 2 N–H and O–H groups in total. The highest BCUT2D eigenvalue weighted by molar-refractivity contribution is 5.84. The van der Waals surface area contributed by atoms with E-state index in [1.807, 2.05) is 12.1 Å². The molecule has 0 saturated carbocycles. The molecule has 0 radical (unpaired) electrons. The number of rotatable bonds is 9. The molecule has 2 aliphatic rings. The summed E-state index contributed by atoms with van der Waals surface area (Å²) in [7, 11) is 5.19. The van der Waals surface area contributed by atoms with E-state index in [-0.39, 0.29) is 12.5 Å². The quantitative estimate of drug-likeness (QED) is 0.442. The number of amides is 1. The number of hydrogen-bond donors (Lipinski definition) is 2. The summed E-state index contributed by atoms with van der Waals surface area (Å²) in [4.78, 5) is 20.7. The zero-order valence-electron chi connectivity index (χ0n) is 19.8. The van der Waals surface area contributed by atoms with Crippen LogP contribution in [0.25, 0.3) is 0 Å². The average molecular weight is 446 g/mol. The van der Waals surface area contributed by atoms with E-state index in [1.165, 1.54) is 12.0 Å². The van der Waals surface area contributed by atoms with Crippen molar-refractivity contribution < 1.29 is 14.3 Å². The molecule has 3 rings (SSSR count). The maximum Gasteiger partial charge on any atom is 0.243 e. The highest BCUT2D eigenvalue weighted by Gasteiger charge is 2.24. The second-order valence-corrected chi connectivity index (χ2v) is 8.93. The Kier molecular flexibility index (Phi) is 9.62. The number of methoxy groups -OCH3 is 1. The molecule has 178 valence electrons. The fraction of sp³-hybridized carbons (Fsp3) is 0.667. The van der Waals surface area contributed by atoms with Gasteiger partial charge in [-0.05, 0) is 49.3 Å². The summed E-state index contributed by atoms with van der Waals surface area (Å²) in [5.41, 5.74) is 1.23. The predicted molar refractivity (Wildman–Crippen MR) is 127 cm³/mol. The van der Waals surface area contributed by atoms with E-state index in [4.69, 9.17) is 9.47 Å². The number of ether oxygens (including phenoxy) is 2. The van der Waals surface area contributed by atoms with Gasteiger partial charge in [-0.3, -0.25) is 4.79 Å². The van der Waals surface area contributed by atoms with Gasteiger partial charge < -0.3 is 29.9 Å². The van der Waals surface area contributed by atoms with Crippen molar-refractivity contribution in [2.45, 2.75) is 31.7 Å². The van der Waals surface area contributed by atoms with E-state index < -0.39 is 0 Å². The molecule has 0 spiro atoms. The number of aliphatic imine (C=N–C) groups is 1. The van der Waals surface area contributed by atoms with Gasteiger partial charge in [0, 0.05) is 52.9 Å². The van der Waals surface area contributed by atoms with Crippen LogP contribution in [0, 0.1) is 5.92 Å². The maximum absolute atomic E-state index is 12.0. The molecular formula is C24H39N5O3. The Hall–Kier alpha value is -2.32. The number of benzene rings is 1. The van der Waals surface area contributed by atoms with Crippen molar-refractivity contribution in [2.24, 2.45) is 10.9 Å². The van der Waals surface area contributed by atoms with Gasteiger partial charge in [0.1, 0.15) is 12.3 Å². The van der Waals surface area contributed by atoms with Gasteiger partial charge in [-0.2, -0.15) is 0 Å². The second kappa shape index (κ2) is 12.6. The van der Waals surface area contributed by atoms with Crippen molar-refractivity contribution in [2.75, 3.05) is 67.1 Å². The molecule has 0 bridgehead atoms. The molecule has 1 aromatic carbocycles. The summed E-state index contributed by atoms with van der Waals surface area (Å²) in [6.45, 7) is 6.03. The molecule has 2 saturated heterocycles. The van der Waals surface area contributed by atoms with Crippen LogP contribution >= 0.6 is 0 Å². The smallest absolute Gasteiger partial charge is 0.243 e. The maximum atomic E-state index is 12.0. The first-order chi connectivity index (χ1) is 15.5. The molecule has 2 aliphatic heterocycles. The number of likely N-dealkylation sites (N-methyl/N-ethyl adjacent to an activating group) is 1. The minimum absolute atomic E-state index is 0.00476. The third kappa shape index (κ3) is 7.98. The van der Waals surface area contributed by atoms with Gasteiger partial charge in [-0.15, -0.1) is 0 Å². The standard InChI is InChI=1S/C24H39N5O3/c1-28(2)23(30)16-26-24(25-12-8-19-4-6-22(31-3)7-5-19)27-21-9-13-29(14-10-21)17-20-11-15-32-18-20/h4-7,20-21H,8-18H2,1-3H3,(H2,25,26,27). The van der Waals surface area contributed by atoms with Crippen molar-refractivity contribution >= 4 is 11.9 Å². The van der Waals surface area contributed by atoms with E-state index in [0.717, 1.165) is 70.4 Å². The lowest BCUT2D eigenvalue weighted by Gasteiger charge is -2.34. The Morgan fingerprint density at radius 1 is 1.22 bits per heavy atom. The van der Waals surface area contributed by atoms with Crippen molar-refractivity contribution in [1.29, 1.82) is 0 Å². The van der Waals surface area contributed by atoms with Crippen molar-refractivity contribution in [1.82, 2.24) is 20.4 Å². The van der Waals surface area contributed by atoms with Gasteiger partial charge in [0.05, 0.1) is 13.7 Å². The Labute approximate surface area is 192 Å². The minimum atomic E-state index is -0.00476. The van der Waals surface area contributed by atoms with Crippen LogP contribution in [0.1, 0.15) is 24.8 Å². The summed E-state index contributed by atoms with van der Waals surface area (Å²) in [6.07, 6.45) is 4.21. The number of carbonyl (C=O) groups excluding carboxylic acids is 1. The van der Waals surface area contributed by atoms with Gasteiger partial charge in [0.2, 0.25) is 5.91 Å². The zero-order chi connectivity index (χ0) is 22.8. The predicted octanol–water partition coefficient (Wildman–Crippen LogP) is 1.36. The van der Waals surface area contributed by atoms with Crippen LogP contribution in [-0.2, 0) is 16.0 Å². The first-order valence-electron chi connectivity index (χ1n) is 11.7. The number of nitrogens with zero attached hydrogens (tertiary/aromatic N) is 3. The van der Waals surface area contributed by atoms with Gasteiger partial charge in [0.25, 0.3) is 0 Å². The number of piperidine rings is 1. The normalized spacial score (nSPS) is 20.2. The van der Waals surface area contributed by atoms with Crippen LogP contribution in [0.2, 0.25) is 0 Å². The fourth-order valence-electron chi connectivity index (χ4n) is 4.10. The average Bonchev–Trinajstić information content (AvgIpc) is 3.31. The highest BCUT2D eigenvalue weighted by atomic mass is 16.5. The van der Waals surface area contributed by atoms with Crippen LogP contribution in [-0.4, -0.2) is 94.9 Å². The number of guanidine groups is 1. The van der Waals surface area contributed by atoms with Gasteiger partial charge >= 0.3 is 0 Å². The van der Waals surface area contributed by atoms with Gasteiger partial charge in [0.15, 0.2) is 5.96 Å². The lowest BCUT2D eigenvalue weighted by atomic mass is 10.0. The molecule has 1 amide bonds. The molecule has 1 unspecified atom stereocenters. The molecule has 2 heterocycles. The minimum Gasteiger partial charge on any atom is -0.497 e. The Bertz CT molecular complexity index is 724. The van der Waals surface area contributed by atoms with Crippen LogP contribution in [0.15, 0.2) is 29.3 Å². The molecule has 1 atom stereocenters. The third-order valence-corrected chi connectivity index (χ3v) is 6.21. The SMILES string of the molecule is COc1ccc(CCNC(=NCC(=O)N(C)C)NC2CCN(CC3CCOC3)CC2)cc1. The van der Waals surface area contributed by atoms with Crippen molar-refractivity contribution in [3.63, 3.8) is 0 Å². The van der Waals surface area contributed by atoms with E-state index in [0.29, 0.717) is 12.0 Å². The summed E-state index contributed by atoms with van der Waals surface area (Å²) in [5.74, 6) is 2.26. The van der Waals surface area contributed by atoms with Crippen LogP contribution in [0.5, 0.6) is 5.75 Å². The first-order valence-corrected chi connectivity index (χ1v) is 11.7. The van der Waals surface area contributed by atoms with E-state index in [9.17, 15) is 4.79 Å². The van der Waals surface area contributed by atoms with Crippen LogP contribution in [0.4, 0.5) is 0 Å². The Balaban J connectivity index is 1.48. The molecule has 1 aromatic rings. The topological polar surface area (TPSA) is 78.4 Å². The summed E-state index contributed by atoms with van der Waals surface area (Å²) < 4.78 is 10.7. The summed E-state index contributed by atoms with van der Waals surface area (Å²) >= 11 is 0. The highest BCUT2D eigenvalue weighted by Crippen LogP contribution is 2.17. The molecule has 2 fully saturated rings. The summed E-state index contributed by atoms with van der Waals surface area (Å²) in [5, 5.41) is 6.98. The zero-order valence-corrected chi connectivity index (χ0v) is 19.8. The molecule has 32 heavy (non-hydrogen) atoms. The van der Waals surface area contributed by atoms with Crippen LogP contribution < -0.4 is 15.4 Å². The van der Waals surface area contributed by atoms with Crippen molar-refractivity contribution in [3.8, 4) is 5.75 Å². The van der Waals surface area contributed by atoms with Crippen LogP contribution in [0.3, 0.4) is 0 Å².